The van der Waals surface area contributed by atoms with Crippen LogP contribution in [0.3, 0.4) is 0 Å². The van der Waals surface area contributed by atoms with Crippen molar-refractivity contribution >= 4 is 33.5 Å². The van der Waals surface area contributed by atoms with Gasteiger partial charge in [-0.15, -0.1) is 10.2 Å². The second-order valence-corrected chi connectivity index (χ2v) is 6.49. The first kappa shape index (κ1) is 15.9. The van der Waals surface area contributed by atoms with Gasteiger partial charge in [0.2, 0.25) is 5.89 Å². The van der Waals surface area contributed by atoms with Gasteiger partial charge in [0.15, 0.2) is 6.61 Å². The number of halogens is 1. The van der Waals surface area contributed by atoms with Crippen molar-refractivity contribution in [2.45, 2.75) is 6.61 Å². The first-order chi connectivity index (χ1) is 13.3. The molecule has 0 radical (unpaired) electrons. The predicted octanol–water partition coefficient (Wildman–Crippen LogP) is 5.87. The van der Waals surface area contributed by atoms with E-state index in [0.717, 1.165) is 27.5 Å². The summed E-state index contributed by atoms with van der Waals surface area (Å²) in [5, 5.41) is 10.8. The molecule has 3 aromatic carbocycles. The third-order valence-corrected chi connectivity index (χ3v) is 4.52. The Labute approximate surface area is 159 Å². The molecular formula is C21H13ClN2O3. The number of furan rings is 1. The van der Waals surface area contributed by atoms with Crippen LogP contribution in [0, 0.1) is 0 Å². The van der Waals surface area contributed by atoms with E-state index < -0.39 is 0 Å². The lowest BCUT2D eigenvalue weighted by Crippen LogP contribution is -1.95. The topological polar surface area (TPSA) is 61.3 Å². The van der Waals surface area contributed by atoms with Crippen LogP contribution in [0.25, 0.3) is 33.4 Å². The number of benzene rings is 3. The molecule has 0 aliphatic rings. The van der Waals surface area contributed by atoms with Gasteiger partial charge in [-0.25, -0.2) is 0 Å². The molecule has 0 saturated heterocycles. The third-order valence-electron chi connectivity index (χ3n) is 4.27. The van der Waals surface area contributed by atoms with Crippen LogP contribution in [0.4, 0.5) is 0 Å². The summed E-state index contributed by atoms with van der Waals surface area (Å²) in [7, 11) is 0. The molecule has 0 aliphatic heterocycles. The number of fused-ring (bicyclic) bond motifs is 3. The van der Waals surface area contributed by atoms with E-state index in [1.807, 2.05) is 54.6 Å². The summed E-state index contributed by atoms with van der Waals surface area (Å²) in [5.41, 5.74) is 2.49. The molecule has 6 heteroatoms. The summed E-state index contributed by atoms with van der Waals surface area (Å²) in [6.07, 6.45) is 0. The van der Waals surface area contributed by atoms with E-state index in [4.69, 9.17) is 25.2 Å². The summed E-state index contributed by atoms with van der Waals surface area (Å²) in [6, 6.07) is 20.9. The summed E-state index contributed by atoms with van der Waals surface area (Å²) in [4.78, 5) is 0. The van der Waals surface area contributed by atoms with Crippen LogP contribution in [-0.2, 0) is 6.61 Å². The molecule has 5 aromatic rings. The predicted molar refractivity (Wildman–Crippen MR) is 103 cm³/mol. The van der Waals surface area contributed by atoms with Gasteiger partial charge in [-0.1, -0.05) is 29.8 Å². The zero-order chi connectivity index (χ0) is 18.2. The fourth-order valence-corrected chi connectivity index (χ4v) is 3.09. The Balaban J connectivity index is 1.37. The standard InChI is InChI=1S/C21H13ClN2O3/c22-14-7-5-13(6-8-14)21-24-23-20(27-21)12-25-15-9-10-19-17(11-15)16-3-1-2-4-18(16)26-19/h1-11H,12H2. The number of para-hydroxylation sites is 1. The molecular weight excluding hydrogens is 364 g/mol. The summed E-state index contributed by atoms with van der Waals surface area (Å²) in [5.74, 6) is 1.54. The van der Waals surface area contributed by atoms with Crippen molar-refractivity contribution in [2.75, 3.05) is 0 Å². The van der Waals surface area contributed by atoms with Crippen LogP contribution in [0.1, 0.15) is 5.89 Å². The average molecular weight is 377 g/mol. The molecule has 5 nitrogen and oxygen atoms in total. The molecule has 0 N–H and O–H groups in total. The highest BCUT2D eigenvalue weighted by Gasteiger charge is 2.11. The summed E-state index contributed by atoms with van der Waals surface area (Å²) >= 11 is 5.90. The van der Waals surface area contributed by atoms with Crippen LogP contribution in [0.2, 0.25) is 5.02 Å². The lowest BCUT2D eigenvalue weighted by molar-refractivity contribution is 0.265. The van der Waals surface area contributed by atoms with Gasteiger partial charge >= 0.3 is 0 Å². The Morgan fingerprint density at radius 3 is 2.52 bits per heavy atom. The van der Waals surface area contributed by atoms with Crippen molar-refractivity contribution in [3.63, 3.8) is 0 Å². The van der Waals surface area contributed by atoms with Crippen molar-refractivity contribution in [1.29, 1.82) is 0 Å². The molecule has 0 amide bonds. The molecule has 5 rings (SSSR count). The first-order valence-corrected chi connectivity index (χ1v) is 8.76. The number of aromatic nitrogens is 2. The quantitative estimate of drug-likeness (QED) is 0.392. The van der Waals surface area contributed by atoms with Crippen molar-refractivity contribution in [1.82, 2.24) is 10.2 Å². The van der Waals surface area contributed by atoms with E-state index in [0.29, 0.717) is 22.6 Å². The van der Waals surface area contributed by atoms with Crippen molar-refractivity contribution in [3.05, 3.63) is 77.6 Å². The van der Waals surface area contributed by atoms with Crippen LogP contribution in [0.5, 0.6) is 5.75 Å². The normalized spacial score (nSPS) is 11.3. The van der Waals surface area contributed by atoms with Gasteiger partial charge in [-0.05, 0) is 48.5 Å². The van der Waals surface area contributed by atoms with Crippen LogP contribution >= 0.6 is 11.6 Å². The molecule has 2 aromatic heterocycles. The molecule has 0 saturated carbocycles. The maximum atomic E-state index is 5.90. The fourth-order valence-electron chi connectivity index (χ4n) is 2.96. The zero-order valence-electron chi connectivity index (χ0n) is 14.1. The monoisotopic (exact) mass is 376 g/mol. The Hall–Kier alpha value is -3.31. The van der Waals surface area contributed by atoms with Crippen LogP contribution in [0.15, 0.2) is 75.6 Å². The molecule has 0 bridgehead atoms. The maximum absolute atomic E-state index is 5.90. The lowest BCUT2D eigenvalue weighted by Gasteiger charge is -2.03. The minimum Gasteiger partial charge on any atom is -0.484 e. The second-order valence-electron chi connectivity index (χ2n) is 6.05. The zero-order valence-corrected chi connectivity index (χ0v) is 14.8. The van der Waals surface area contributed by atoms with Gasteiger partial charge < -0.3 is 13.6 Å². The van der Waals surface area contributed by atoms with Gasteiger partial charge in [-0.3, -0.25) is 0 Å². The highest BCUT2D eigenvalue weighted by atomic mass is 35.5. The molecule has 0 atom stereocenters. The van der Waals surface area contributed by atoms with Gasteiger partial charge in [0, 0.05) is 21.4 Å². The van der Waals surface area contributed by atoms with Crippen LogP contribution in [-0.4, -0.2) is 10.2 Å². The fraction of sp³-hybridized carbons (Fsp3) is 0.0476. The largest absolute Gasteiger partial charge is 0.484 e. The smallest absolute Gasteiger partial charge is 0.254 e. The first-order valence-electron chi connectivity index (χ1n) is 8.39. The molecule has 2 heterocycles. The van der Waals surface area contributed by atoms with Gasteiger partial charge in [0.25, 0.3) is 5.89 Å². The highest BCUT2D eigenvalue weighted by molar-refractivity contribution is 6.30. The average Bonchev–Trinajstić information content (AvgIpc) is 3.31. The van der Waals surface area contributed by atoms with Crippen LogP contribution < -0.4 is 4.74 Å². The Morgan fingerprint density at radius 2 is 1.63 bits per heavy atom. The number of hydrogen-bond acceptors (Lipinski definition) is 5. The summed E-state index contributed by atoms with van der Waals surface area (Å²) in [6.45, 7) is 0.182. The van der Waals surface area contributed by atoms with Gasteiger partial charge in [0.1, 0.15) is 16.9 Å². The van der Waals surface area contributed by atoms with E-state index in [9.17, 15) is 0 Å². The van der Waals surface area contributed by atoms with Crippen molar-refractivity contribution in [3.8, 4) is 17.2 Å². The molecule has 27 heavy (non-hydrogen) atoms. The maximum Gasteiger partial charge on any atom is 0.254 e. The third kappa shape index (κ3) is 3.02. The SMILES string of the molecule is Clc1ccc(-c2nnc(COc3ccc4oc5ccccc5c4c3)o2)cc1. The number of rotatable bonds is 4. The highest BCUT2D eigenvalue weighted by Crippen LogP contribution is 2.31. The molecule has 132 valence electrons. The molecule has 0 spiro atoms. The van der Waals surface area contributed by atoms with Gasteiger partial charge in [-0.2, -0.15) is 0 Å². The Morgan fingerprint density at radius 1 is 0.815 bits per heavy atom. The summed E-state index contributed by atoms with van der Waals surface area (Å²) < 4.78 is 17.3. The Kier molecular flexibility index (Phi) is 3.80. The van der Waals surface area contributed by atoms with Gasteiger partial charge in [0.05, 0.1) is 0 Å². The van der Waals surface area contributed by atoms with E-state index in [1.165, 1.54) is 0 Å². The van der Waals surface area contributed by atoms with Crippen molar-refractivity contribution in [2.24, 2.45) is 0 Å². The van der Waals surface area contributed by atoms with Crippen molar-refractivity contribution < 1.29 is 13.6 Å². The van der Waals surface area contributed by atoms with E-state index >= 15 is 0 Å². The number of nitrogens with zero attached hydrogens (tertiary/aromatic N) is 2. The molecule has 0 fully saturated rings. The van der Waals surface area contributed by atoms with E-state index in [1.54, 1.807) is 12.1 Å². The lowest BCUT2D eigenvalue weighted by atomic mass is 10.1. The minimum atomic E-state index is 0.182. The molecule has 0 aliphatic carbocycles. The number of ether oxygens (including phenoxy) is 1. The van der Waals surface area contributed by atoms with E-state index in [-0.39, 0.29) is 6.61 Å². The van der Waals surface area contributed by atoms with E-state index in [2.05, 4.69) is 10.2 Å². The Bertz CT molecular complexity index is 1240. The molecule has 0 unspecified atom stereocenters. The minimum absolute atomic E-state index is 0.182. The second kappa shape index (κ2) is 6.45. The number of hydrogen-bond donors (Lipinski definition) is 0.